The summed E-state index contributed by atoms with van der Waals surface area (Å²) in [7, 11) is 3.31. The number of fused-ring (bicyclic) bond motifs is 1. The predicted octanol–water partition coefficient (Wildman–Crippen LogP) is 3.26. The molecule has 2 aromatic carbocycles. The van der Waals surface area contributed by atoms with E-state index in [4.69, 9.17) is 9.47 Å². The monoisotopic (exact) mass is 391 g/mol. The number of methoxy groups -OCH3 is 2. The minimum absolute atomic E-state index is 0.0431. The average Bonchev–Trinajstić information content (AvgIpc) is 3.19. The molecular weight excluding hydrogens is 366 g/mol. The second kappa shape index (κ2) is 8.49. The van der Waals surface area contributed by atoms with Crippen LogP contribution in [-0.4, -0.2) is 49.1 Å². The highest BCUT2D eigenvalue weighted by Gasteiger charge is 2.25. The summed E-state index contributed by atoms with van der Waals surface area (Å²) in [6.07, 6.45) is 2.62. The number of amides is 1. The summed E-state index contributed by atoms with van der Waals surface area (Å²) in [5, 5.41) is 4.07. The average molecular weight is 391 g/mol. The van der Waals surface area contributed by atoms with Crippen LogP contribution >= 0.6 is 0 Å². The zero-order valence-electron chi connectivity index (χ0n) is 16.7. The van der Waals surface area contributed by atoms with Crippen molar-refractivity contribution >= 4 is 16.8 Å². The van der Waals surface area contributed by atoms with E-state index in [1.807, 2.05) is 42.5 Å². The number of pyridine rings is 1. The van der Waals surface area contributed by atoms with Crippen molar-refractivity contribution in [2.24, 2.45) is 0 Å². The number of aromatic nitrogens is 1. The normalized spacial score (nSPS) is 16.7. The molecule has 150 valence electrons. The van der Waals surface area contributed by atoms with Crippen LogP contribution < -0.4 is 14.8 Å². The Balaban J connectivity index is 1.41. The molecule has 1 N–H and O–H groups in total. The molecule has 1 aromatic heterocycles. The molecule has 1 aliphatic rings. The molecule has 0 saturated carbocycles. The lowest BCUT2D eigenvalue weighted by Gasteiger charge is -2.18. The van der Waals surface area contributed by atoms with Crippen LogP contribution in [0.15, 0.2) is 54.7 Å². The van der Waals surface area contributed by atoms with Crippen LogP contribution in [-0.2, 0) is 6.54 Å². The van der Waals surface area contributed by atoms with Crippen molar-refractivity contribution in [3.63, 3.8) is 0 Å². The van der Waals surface area contributed by atoms with E-state index in [0.717, 1.165) is 54.0 Å². The van der Waals surface area contributed by atoms with Gasteiger partial charge in [0.2, 0.25) is 0 Å². The third kappa shape index (κ3) is 4.32. The van der Waals surface area contributed by atoms with Crippen molar-refractivity contribution in [2.45, 2.75) is 19.0 Å². The molecule has 0 aliphatic carbocycles. The van der Waals surface area contributed by atoms with Gasteiger partial charge in [0.05, 0.1) is 25.3 Å². The van der Waals surface area contributed by atoms with E-state index in [2.05, 4.69) is 15.2 Å². The fraction of sp³-hybridized carbons (Fsp3) is 0.304. The number of hydrogen-bond donors (Lipinski definition) is 1. The van der Waals surface area contributed by atoms with Crippen molar-refractivity contribution in [3.8, 4) is 11.5 Å². The third-order valence-electron chi connectivity index (χ3n) is 5.32. The Morgan fingerprint density at radius 1 is 1.14 bits per heavy atom. The van der Waals surface area contributed by atoms with Crippen LogP contribution in [0.25, 0.3) is 10.9 Å². The first-order valence-corrected chi connectivity index (χ1v) is 9.75. The maximum atomic E-state index is 12.9. The maximum absolute atomic E-state index is 12.9. The van der Waals surface area contributed by atoms with Gasteiger partial charge in [-0.2, -0.15) is 0 Å². The fourth-order valence-electron chi connectivity index (χ4n) is 3.87. The largest absolute Gasteiger partial charge is 0.497 e. The Kier molecular flexibility index (Phi) is 5.62. The van der Waals surface area contributed by atoms with Gasteiger partial charge in [-0.1, -0.05) is 18.2 Å². The molecule has 1 fully saturated rings. The first-order valence-electron chi connectivity index (χ1n) is 9.75. The Labute approximate surface area is 170 Å². The third-order valence-corrected chi connectivity index (χ3v) is 5.32. The second-order valence-electron chi connectivity index (χ2n) is 7.29. The predicted molar refractivity (Wildman–Crippen MR) is 112 cm³/mol. The highest BCUT2D eigenvalue weighted by molar-refractivity contribution is 6.06. The van der Waals surface area contributed by atoms with Gasteiger partial charge in [0.15, 0.2) is 0 Å². The minimum atomic E-state index is -0.0431. The lowest BCUT2D eigenvalue weighted by Crippen LogP contribution is -2.37. The fourth-order valence-corrected chi connectivity index (χ4v) is 3.87. The standard InChI is InChI=1S/C23H25N3O3/c1-28-18-11-16(12-19(13-18)29-2)14-26-10-8-17(15-26)25-23(27)21-7-9-24-22-6-4-3-5-20(21)22/h3-7,9,11-13,17H,8,10,14-15H2,1-2H3,(H,25,27). The first kappa shape index (κ1) is 19.2. The Morgan fingerprint density at radius 3 is 2.66 bits per heavy atom. The number of para-hydroxylation sites is 1. The Morgan fingerprint density at radius 2 is 1.90 bits per heavy atom. The van der Waals surface area contributed by atoms with Crippen molar-refractivity contribution in [3.05, 3.63) is 65.9 Å². The second-order valence-corrected chi connectivity index (χ2v) is 7.29. The highest BCUT2D eigenvalue weighted by Crippen LogP contribution is 2.25. The van der Waals surface area contributed by atoms with Crippen molar-refractivity contribution < 1.29 is 14.3 Å². The van der Waals surface area contributed by atoms with E-state index in [9.17, 15) is 4.79 Å². The number of rotatable bonds is 6. The molecule has 2 heterocycles. The van der Waals surface area contributed by atoms with Crippen molar-refractivity contribution in [1.82, 2.24) is 15.2 Å². The molecule has 0 radical (unpaired) electrons. The van der Waals surface area contributed by atoms with Crippen molar-refractivity contribution in [2.75, 3.05) is 27.3 Å². The number of ether oxygens (including phenoxy) is 2. The number of hydrogen-bond acceptors (Lipinski definition) is 5. The van der Waals surface area contributed by atoms with Gasteiger partial charge in [0.25, 0.3) is 5.91 Å². The first-order chi connectivity index (χ1) is 14.2. The van der Waals surface area contributed by atoms with E-state index in [1.54, 1.807) is 26.5 Å². The summed E-state index contributed by atoms with van der Waals surface area (Å²) < 4.78 is 10.7. The van der Waals surface area contributed by atoms with Crippen molar-refractivity contribution in [1.29, 1.82) is 0 Å². The lowest BCUT2D eigenvalue weighted by atomic mass is 10.1. The maximum Gasteiger partial charge on any atom is 0.252 e. The summed E-state index contributed by atoms with van der Waals surface area (Å²) in [5.41, 5.74) is 2.64. The molecule has 6 heteroatoms. The molecule has 1 saturated heterocycles. The molecule has 0 spiro atoms. The number of carbonyl (C=O) groups excluding carboxylic acids is 1. The van der Waals surface area contributed by atoms with E-state index in [0.29, 0.717) is 5.56 Å². The van der Waals surface area contributed by atoms with E-state index in [-0.39, 0.29) is 11.9 Å². The number of benzene rings is 2. The molecule has 1 aliphatic heterocycles. The molecule has 1 amide bonds. The van der Waals surface area contributed by atoms with Gasteiger partial charge in [0, 0.05) is 43.3 Å². The molecular formula is C23H25N3O3. The van der Waals surface area contributed by atoms with Crippen LogP contribution in [0.5, 0.6) is 11.5 Å². The summed E-state index contributed by atoms with van der Waals surface area (Å²) in [6, 6.07) is 15.6. The molecule has 4 rings (SSSR count). The quantitative estimate of drug-likeness (QED) is 0.699. The molecule has 3 aromatic rings. The van der Waals surface area contributed by atoms with E-state index >= 15 is 0 Å². The number of carbonyl (C=O) groups is 1. The zero-order valence-corrected chi connectivity index (χ0v) is 16.7. The Bertz CT molecular complexity index is 994. The minimum Gasteiger partial charge on any atom is -0.497 e. The lowest BCUT2D eigenvalue weighted by molar-refractivity contribution is 0.0939. The SMILES string of the molecule is COc1cc(CN2CCC(NC(=O)c3ccnc4ccccc34)C2)cc(OC)c1. The van der Waals surface area contributed by atoms with Crippen LogP contribution in [0.3, 0.4) is 0 Å². The summed E-state index contributed by atoms with van der Waals surface area (Å²) in [6.45, 7) is 2.54. The highest BCUT2D eigenvalue weighted by atomic mass is 16.5. The number of nitrogens with one attached hydrogen (secondary N) is 1. The summed E-state index contributed by atoms with van der Waals surface area (Å²) in [5.74, 6) is 1.53. The van der Waals surface area contributed by atoms with Gasteiger partial charge in [-0.05, 0) is 36.2 Å². The topological polar surface area (TPSA) is 63.7 Å². The van der Waals surface area contributed by atoms with Gasteiger partial charge in [-0.15, -0.1) is 0 Å². The molecule has 0 bridgehead atoms. The molecule has 29 heavy (non-hydrogen) atoms. The molecule has 1 atom stereocenters. The van der Waals surface area contributed by atoms with Gasteiger partial charge < -0.3 is 14.8 Å². The molecule has 1 unspecified atom stereocenters. The number of likely N-dealkylation sites (tertiary alicyclic amines) is 1. The molecule has 6 nitrogen and oxygen atoms in total. The van der Waals surface area contributed by atoms with Gasteiger partial charge in [0.1, 0.15) is 11.5 Å². The van der Waals surface area contributed by atoms with Crippen LogP contribution in [0.1, 0.15) is 22.3 Å². The van der Waals surface area contributed by atoms with Crippen LogP contribution in [0.4, 0.5) is 0 Å². The summed E-state index contributed by atoms with van der Waals surface area (Å²) in [4.78, 5) is 19.5. The van der Waals surface area contributed by atoms with Gasteiger partial charge in [-0.3, -0.25) is 14.7 Å². The zero-order chi connectivity index (χ0) is 20.2. The van der Waals surface area contributed by atoms with Crippen LogP contribution in [0, 0.1) is 0 Å². The van der Waals surface area contributed by atoms with Gasteiger partial charge >= 0.3 is 0 Å². The van der Waals surface area contributed by atoms with E-state index < -0.39 is 0 Å². The summed E-state index contributed by atoms with van der Waals surface area (Å²) >= 11 is 0. The van der Waals surface area contributed by atoms with Gasteiger partial charge in [-0.25, -0.2) is 0 Å². The number of nitrogens with zero attached hydrogens (tertiary/aromatic N) is 2. The smallest absolute Gasteiger partial charge is 0.252 e. The van der Waals surface area contributed by atoms with Crippen LogP contribution in [0.2, 0.25) is 0 Å². The Hall–Kier alpha value is -3.12. The van der Waals surface area contributed by atoms with E-state index in [1.165, 1.54) is 0 Å².